The fourth-order valence-corrected chi connectivity index (χ4v) is 1.43. The highest BCUT2D eigenvalue weighted by molar-refractivity contribution is 5.85. The molecule has 4 heteroatoms. The minimum Gasteiger partial charge on any atom is -0.477 e. The van der Waals surface area contributed by atoms with E-state index in [-0.39, 0.29) is 5.69 Å². The van der Waals surface area contributed by atoms with Crippen molar-refractivity contribution in [3.63, 3.8) is 0 Å². The van der Waals surface area contributed by atoms with Gasteiger partial charge in [-0.15, -0.1) is 0 Å². The maximum absolute atomic E-state index is 10.6. The van der Waals surface area contributed by atoms with Gasteiger partial charge in [0.15, 0.2) is 0 Å². The fraction of sp³-hybridized carbons (Fsp3) is 0. The Kier molecular flexibility index (Phi) is 2.84. The van der Waals surface area contributed by atoms with Gasteiger partial charge in [-0.3, -0.25) is 0 Å². The minimum atomic E-state index is -1.05. The van der Waals surface area contributed by atoms with Crippen LogP contribution in [0.3, 0.4) is 0 Å². The molecule has 0 spiro atoms. The maximum Gasteiger partial charge on any atom is 0.354 e. The van der Waals surface area contributed by atoms with Crippen molar-refractivity contribution in [3.8, 4) is 17.2 Å². The Morgan fingerprint density at radius 1 is 1.12 bits per heavy atom. The number of hydrogen-bond acceptors (Lipinski definition) is 3. The Labute approximate surface area is 97.8 Å². The van der Waals surface area contributed by atoms with E-state index in [2.05, 4.69) is 4.98 Å². The van der Waals surface area contributed by atoms with Crippen LogP contribution in [0.15, 0.2) is 42.6 Å². The summed E-state index contributed by atoms with van der Waals surface area (Å²) in [6.07, 6.45) is 1.50. The van der Waals surface area contributed by atoms with Gasteiger partial charge in [0.1, 0.15) is 5.69 Å². The van der Waals surface area contributed by atoms with Crippen LogP contribution in [-0.2, 0) is 0 Å². The van der Waals surface area contributed by atoms with Crippen LogP contribution in [-0.4, -0.2) is 16.1 Å². The summed E-state index contributed by atoms with van der Waals surface area (Å²) in [6.45, 7) is 0. The number of aromatic carboxylic acids is 1. The van der Waals surface area contributed by atoms with Gasteiger partial charge in [0, 0.05) is 11.8 Å². The largest absolute Gasteiger partial charge is 0.477 e. The van der Waals surface area contributed by atoms with Gasteiger partial charge < -0.3 is 5.11 Å². The molecule has 0 bridgehead atoms. The Balaban J connectivity index is 2.33. The predicted octanol–water partition coefficient (Wildman–Crippen LogP) is 2.32. The van der Waals surface area contributed by atoms with Gasteiger partial charge in [-0.1, -0.05) is 18.2 Å². The molecule has 0 radical (unpaired) electrons. The Morgan fingerprint density at radius 3 is 2.24 bits per heavy atom. The van der Waals surface area contributed by atoms with Crippen molar-refractivity contribution >= 4 is 5.97 Å². The van der Waals surface area contributed by atoms with Crippen LogP contribution < -0.4 is 0 Å². The van der Waals surface area contributed by atoms with E-state index in [1.165, 1.54) is 12.3 Å². The maximum atomic E-state index is 10.6. The second-order valence-electron chi connectivity index (χ2n) is 3.43. The molecule has 0 amide bonds. The van der Waals surface area contributed by atoms with Crippen molar-refractivity contribution in [1.29, 1.82) is 5.26 Å². The zero-order chi connectivity index (χ0) is 12.3. The molecule has 4 nitrogen and oxygen atoms in total. The van der Waals surface area contributed by atoms with Crippen LogP contribution in [0.5, 0.6) is 0 Å². The number of carboxylic acids is 1. The van der Waals surface area contributed by atoms with Gasteiger partial charge in [0.25, 0.3) is 0 Å². The van der Waals surface area contributed by atoms with Gasteiger partial charge in [0.05, 0.1) is 11.6 Å². The number of pyridine rings is 1. The van der Waals surface area contributed by atoms with Crippen LogP contribution in [0.4, 0.5) is 0 Å². The normalized spacial score (nSPS) is 9.59. The van der Waals surface area contributed by atoms with Crippen molar-refractivity contribution in [2.75, 3.05) is 0 Å². The van der Waals surface area contributed by atoms with Crippen LogP contribution >= 0.6 is 0 Å². The molecule has 2 aromatic rings. The average Bonchev–Trinajstić information content (AvgIpc) is 2.39. The highest BCUT2D eigenvalue weighted by atomic mass is 16.4. The third kappa shape index (κ3) is 2.29. The lowest BCUT2D eigenvalue weighted by atomic mass is 10.1. The van der Waals surface area contributed by atoms with Crippen LogP contribution in [0, 0.1) is 11.3 Å². The average molecular weight is 224 g/mol. The molecule has 0 saturated carbocycles. The molecule has 0 aliphatic carbocycles. The molecular weight excluding hydrogens is 216 g/mol. The Bertz CT molecular complexity index is 580. The lowest BCUT2D eigenvalue weighted by Gasteiger charge is -2.01. The number of carbonyl (C=O) groups is 1. The quantitative estimate of drug-likeness (QED) is 0.849. The molecule has 2 rings (SSSR count). The topological polar surface area (TPSA) is 74.0 Å². The number of benzene rings is 1. The molecule has 1 aromatic heterocycles. The van der Waals surface area contributed by atoms with Crippen molar-refractivity contribution in [2.45, 2.75) is 0 Å². The zero-order valence-corrected chi connectivity index (χ0v) is 8.79. The molecule has 0 fully saturated rings. The number of carboxylic acid groups (broad SMARTS) is 1. The van der Waals surface area contributed by atoms with Gasteiger partial charge in [-0.25, -0.2) is 9.78 Å². The van der Waals surface area contributed by atoms with E-state index in [1.54, 1.807) is 30.3 Å². The first-order chi connectivity index (χ1) is 8.20. The molecule has 1 heterocycles. The number of hydrogen-bond donors (Lipinski definition) is 1. The SMILES string of the molecule is N#Cc1ccc(-c2ccc(C(=O)O)nc2)cc1. The van der Waals surface area contributed by atoms with E-state index >= 15 is 0 Å². The van der Waals surface area contributed by atoms with E-state index in [0.29, 0.717) is 5.56 Å². The fourth-order valence-electron chi connectivity index (χ4n) is 1.43. The zero-order valence-electron chi connectivity index (χ0n) is 8.79. The van der Waals surface area contributed by atoms with Crippen molar-refractivity contribution in [2.24, 2.45) is 0 Å². The van der Waals surface area contributed by atoms with Gasteiger partial charge in [-0.2, -0.15) is 5.26 Å². The molecule has 1 N–H and O–H groups in total. The van der Waals surface area contributed by atoms with Crippen LogP contribution in [0.25, 0.3) is 11.1 Å². The van der Waals surface area contributed by atoms with Gasteiger partial charge in [-0.05, 0) is 23.8 Å². The monoisotopic (exact) mass is 224 g/mol. The molecule has 17 heavy (non-hydrogen) atoms. The third-order valence-corrected chi connectivity index (χ3v) is 2.33. The van der Waals surface area contributed by atoms with Gasteiger partial charge >= 0.3 is 5.97 Å². The lowest BCUT2D eigenvalue weighted by molar-refractivity contribution is 0.0690. The minimum absolute atomic E-state index is 0.0161. The summed E-state index contributed by atoms with van der Waals surface area (Å²) in [5.74, 6) is -1.05. The summed E-state index contributed by atoms with van der Waals surface area (Å²) in [4.78, 5) is 14.5. The Hall–Kier alpha value is -2.67. The standard InChI is InChI=1S/C13H8N2O2/c14-7-9-1-3-10(4-2-9)11-5-6-12(13(16)17)15-8-11/h1-6,8H,(H,16,17). The molecule has 82 valence electrons. The number of nitriles is 1. The first kappa shape index (κ1) is 10.8. The summed E-state index contributed by atoms with van der Waals surface area (Å²) in [5.41, 5.74) is 2.32. The number of rotatable bonds is 2. The smallest absolute Gasteiger partial charge is 0.354 e. The highest BCUT2D eigenvalue weighted by Crippen LogP contribution is 2.18. The summed E-state index contributed by atoms with van der Waals surface area (Å²) < 4.78 is 0. The predicted molar refractivity (Wildman–Crippen MR) is 61.3 cm³/mol. The van der Waals surface area contributed by atoms with E-state index in [1.807, 2.05) is 6.07 Å². The summed E-state index contributed by atoms with van der Waals surface area (Å²) in [5, 5.41) is 17.4. The summed E-state index contributed by atoms with van der Waals surface area (Å²) in [7, 11) is 0. The summed E-state index contributed by atoms with van der Waals surface area (Å²) in [6, 6.07) is 12.2. The second-order valence-corrected chi connectivity index (χ2v) is 3.43. The van der Waals surface area contributed by atoms with E-state index < -0.39 is 5.97 Å². The third-order valence-electron chi connectivity index (χ3n) is 2.33. The van der Waals surface area contributed by atoms with Crippen LogP contribution in [0.1, 0.15) is 16.1 Å². The second kappa shape index (κ2) is 4.45. The van der Waals surface area contributed by atoms with Crippen molar-refractivity contribution in [1.82, 2.24) is 4.98 Å². The van der Waals surface area contributed by atoms with Gasteiger partial charge in [0.2, 0.25) is 0 Å². The molecule has 0 aliphatic heterocycles. The molecule has 0 atom stereocenters. The van der Waals surface area contributed by atoms with Crippen molar-refractivity contribution in [3.05, 3.63) is 53.9 Å². The van der Waals surface area contributed by atoms with Crippen molar-refractivity contribution < 1.29 is 9.90 Å². The van der Waals surface area contributed by atoms with Crippen LogP contribution in [0.2, 0.25) is 0 Å². The highest BCUT2D eigenvalue weighted by Gasteiger charge is 2.04. The summed E-state index contributed by atoms with van der Waals surface area (Å²) >= 11 is 0. The molecule has 0 unspecified atom stereocenters. The first-order valence-electron chi connectivity index (χ1n) is 4.90. The van der Waals surface area contributed by atoms with E-state index in [9.17, 15) is 4.79 Å². The van der Waals surface area contributed by atoms with E-state index in [4.69, 9.17) is 10.4 Å². The Morgan fingerprint density at radius 2 is 1.76 bits per heavy atom. The van der Waals surface area contributed by atoms with E-state index in [0.717, 1.165) is 11.1 Å². The number of nitrogens with zero attached hydrogens (tertiary/aromatic N) is 2. The number of aromatic nitrogens is 1. The molecule has 0 saturated heterocycles. The first-order valence-corrected chi connectivity index (χ1v) is 4.90. The molecule has 1 aromatic carbocycles. The molecule has 0 aliphatic rings. The lowest BCUT2D eigenvalue weighted by Crippen LogP contribution is -1.99. The molecular formula is C13H8N2O2.